The number of hydrazone groups is 1. The van der Waals surface area contributed by atoms with Crippen LogP contribution >= 0.6 is 15.9 Å². The fourth-order valence-corrected chi connectivity index (χ4v) is 2.24. The smallest absolute Gasteiger partial charge is 0.295 e. The number of hydrogen-bond acceptors (Lipinski definition) is 3. The largest absolute Gasteiger partial charge is 0.370 e. The molecule has 2 N–H and O–H groups in total. The molecule has 1 fully saturated rings. The van der Waals surface area contributed by atoms with Gasteiger partial charge in [-0.3, -0.25) is 4.79 Å². The number of carbonyl (C=O) groups excluding carboxylic acids is 1. The summed E-state index contributed by atoms with van der Waals surface area (Å²) in [4.78, 5) is 12.9. The number of hydrogen-bond donors (Lipinski definition) is 2. The number of nitrogens with one attached hydrogen (secondary N) is 2. The van der Waals surface area contributed by atoms with Gasteiger partial charge < -0.3 is 9.64 Å². The second kappa shape index (κ2) is 7.37. The minimum absolute atomic E-state index is 0.0693. The normalized spacial score (nSPS) is 16.7. The number of morpholine rings is 1. The van der Waals surface area contributed by atoms with Gasteiger partial charge in [0, 0.05) is 10.0 Å². The summed E-state index contributed by atoms with van der Waals surface area (Å²) in [5.41, 5.74) is 3.49. The topological polar surface area (TPSA) is 55.1 Å². The molecule has 1 heterocycles. The van der Waals surface area contributed by atoms with Crippen molar-refractivity contribution in [1.82, 2.24) is 5.43 Å². The van der Waals surface area contributed by atoms with Gasteiger partial charge in [-0.15, -0.1) is 0 Å². The molecule has 0 radical (unpaired) electrons. The van der Waals surface area contributed by atoms with E-state index in [-0.39, 0.29) is 5.91 Å². The third-order valence-electron chi connectivity index (χ3n) is 2.91. The Morgan fingerprint density at radius 1 is 1.42 bits per heavy atom. The van der Waals surface area contributed by atoms with E-state index in [2.05, 4.69) is 26.5 Å². The van der Waals surface area contributed by atoms with Crippen LogP contribution in [0.15, 0.2) is 33.8 Å². The highest BCUT2D eigenvalue weighted by Gasteiger charge is 2.16. The maximum Gasteiger partial charge on any atom is 0.295 e. The van der Waals surface area contributed by atoms with Gasteiger partial charge in [-0.2, -0.15) is 5.10 Å². The molecule has 5 nitrogen and oxygen atoms in total. The van der Waals surface area contributed by atoms with Crippen molar-refractivity contribution in [2.45, 2.75) is 0 Å². The monoisotopic (exact) mass is 326 g/mol. The first kappa shape index (κ1) is 14.2. The first-order valence-electron chi connectivity index (χ1n) is 6.23. The molecule has 6 heteroatoms. The van der Waals surface area contributed by atoms with E-state index < -0.39 is 0 Å². The fraction of sp³-hybridized carbons (Fsp3) is 0.385. The minimum Gasteiger partial charge on any atom is -0.370 e. The summed E-state index contributed by atoms with van der Waals surface area (Å²) in [6, 6.07) is 7.71. The fourth-order valence-electron chi connectivity index (χ4n) is 1.86. The number of quaternary nitrogens is 1. The van der Waals surface area contributed by atoms with Crippen LogP contribution in [0, 0.1) is 0 Å². The third-order valence-corrected chi connectivity index (χ3v) is 3.63. The lowest BCUT2D eigenvalue weighted by Crippen LogP contribution is -3.15. The van der Waals surface area contributed by atoms with Crippen molar-refractivity contribution in [3.8, 4) is 0 Å². The molecule has 0 spiro atoms. The van der Waals surface area contributed by atoms with E-state index >= 15 is 0 Å². The molecule has 1 aliphatic heterocycles. The van der Waals surface area contributed by atoms with Gasteiger partial charge in [0.25, 0.3) is 5.91 Å². The van der Waals surface area contributed by atoms with Gasteiger partial charge >= 0.3 is 0 Å². The van der Waals surface area contributed by atoms with E-state index in [9.17, 15) is 4.79 Å². The van der Waals surface area contributed by atoms with Crippen molar-refractivity contribution in [3.05, 3.63) is 34.3 Å². The van der Waals surface area contributed by atoms with Crippen molar-refractivity contribution in [3.63, 3.8) is 0 Å². The predicted molar refractivity (Wildman–Crippen MR) is 76.3 cm³/mol. The molecular formula is C13H17BrN3O2+. The standard InChI is InChI=1S/C13H16BrN3O2/c14-12-4-2-1-3-11(12)9-15-16-13(18)10-17-5-7-19-8-6-17/h1-4,9H,5-8,10H2,(H,16,18)/p+1/b15-9-. The molecule has 1 aromatic rings. The summed E-state index contributed by atoms with van der Waals surface area (Å²) in [7, 11) is 0. The summed E-state index contributed by atoms with van der Waals surface area (Å²) < 4.78 is 6.20. The van der Waals surface area contributed by atoms with Crippen LogP contribution < -0.4 is 10.3 Å². The molecule has 1 saturated heterocycles. The Morgan fingerprint density at radius 2 is 2.16 bits per heavy atom. The third kappa shape index (κ3) is 4.74. The van der Waals surface area contributed by atoms with E-state index in [0.29, 0.717) is 6.54 Å². The van der Waals surface area contributed by atoms with Crippen LogP contribution in [0.5, 0.6) is 0 Å². The van der Waals surface area contributed by atoms with Gasteiger partial charge in [0.1, 0.15) is 13.1 Å². The number of benzene rings is 1. The molecule has 0 saturated carbocycles. The van der Waals surface area contributed by atoms with Crippen LogP contribution in [-0.2, 0) is 9.53 Å². The van der Waals surface area contributed by atoms with Gasteiger partial charge in [-0.05, 0) is 6.07 Å². The highest BCUT2D eigenvalue weighted by molar-refractivity contribution is 9.10. The van der Waals surface area contributed by atoms with Crippen LogP contribution in [0.4, 0.5) is 0 Å². The summed E-state index contributed by atoms with van der Waals surface area (Å²) in [6.45, 7) is 3.64. The quantitative estimate of drug-likeness (QED) is 0.595. The molecule has 0 unspecified atom stereocenters. The molecule has 0 atom stereocenters. The molecule has 0 aromatic heterocycles. The number of amides is 1. The lowest BCUT2D eigenvalue weighted by atomic mass is 10.2. The van der Waals surface area contributed by atoms with Gasteiger partial charge in [-0.1, -0.05) is 34.1 Å². The number of nitrogens with zero attached hydrogens (tertiary/aromatic N) is 1. The number of ether oxygens (including phenoxy) is 1. The Kier molecular flexibility index (Phi) is 5.50. The average molecular weight is 327 g/mol. The zero-order valence-corrected chi connectivity index (χ0v) is 12.1. The van der Waals surface area contributed by atoms with E-state index in [1.165, 1.54) is 4.90 Å². The Balaban J connectivity index is 1.78. The molecule has 0 bridgehead atoms. The zero-order valence-electron chi connectivity index (χ0n) is 10.6. The maximum absolute atomic E-state index is 11.7. The van der Waals surface area contributed by atoms with Crippen molar-refractivity contribution in [2.75, 3.05) is 32.8 Å². The Labute approximate surface area is 120 Å². The Hall–Kier alpha value is -1.24. The molecular weight excluding hydrogens is 310 g/mol. The predicted octanol–water partition coefficient (Wildman–Crippen LogP) is -0.186. The highest BCUT2D eigenvalue weighted by atomic mass is 79.9. The number of carbonyl (C=O) groups is 1. The second-order valence-electron chi connectivity index (χ2n) is 4.35. The summed E-state index contributed by atoms with van der Waals surface area (Å²) >= 11 is 3.42. The van der Waals surface area contributed by atoms with E-state index in [0.717, 1.165) is 36.3 Å². The van der Waals surface area contributed by atoms with E-state index in [4.69, 9.17) is 4.74 Å². The first-order chi connectivity index (χ1) is 9.25. The molecule has 19 heavy (non-hydrogen) atoms. The molecule has 1 aliphatic rings. The van der Waals surface area contributed by atoms with Crippen LogP contribution in [0.2, 0.25) is 0 Å². The highest BCUT2D eigenvalue weighted by Crippen LogP contribution is 2.13. The van der Waals surface area contributed by atoms with Crippen molar-refractivity contribution < 1.29 is 14.4 Å². The minimum atomic E-state index is -0.0693. The summed E-state index contributed by atoms with van der Waals surface area (Å²) in [6.07, 6.45) is 1.64. The first-order valence-corrected chi connectivity index (χ1v) is 7.03. The molecule has 1 aromatic carbocycles. The molecule has 1 amide bonds. The second-order valence-corrected chi connectivity index (χ2v) is 5.21. The summed E-state index contributed by atoms with van der Waals surface area (Å²) in [5, 5.41) is 3.97. The SMILES string of the molecule is O=C(C[NH+]1CCOCC1)N/N=C\c1ccccc1Br. The van der Waals surface area contributed by atoms with Crippen molar-refractivity contribution >= 4 is 28.1 Å². The van der Waals surface area contributed by atoms with Crippen LogP contribution in [0.1, 0.15) is 5.56 Å². The Bertz CT molecular complexity index is 459. The van der Waals surface area contributed by atoms with Gasteiger partial charge in [0.2, 0.25) is 0 Å². The summed E-state index contributed by atoms with van der Waals surface area (Å²) in [5.74, 6) is -0.0693. The van der Waals surface area contributed by atoms with Crippen LogP contribution in [0.25, 0.3) is 0 Å². The average Bonchev–Trinajstić information content (AvgIpc) is 2.42. The van der Waals surface area contributed by atoms with Gasteiger partial charge in [0.15, 0.2) is 6.54 Å². The van der Waals surface area contributed by atoms with Gasteiger partial charge in [0.05, 0.1) is 19.4 Å². The zero-order chi connectivity index (χ0) is 13.5. The lowest BCUT2D eigenvalue weighted by molar-refractivity contribution is -0.900. The van der Waals surface area contributed by atoms with E-state index in [1.807, 2.05) is 24.3 Å². The molecule has 2 rings (SSSR count). The lowest BCUT2D eigenvalue weighted by Gasteiger charge is -2.22. The number of halogens is 1. The molecule has 102 valence electrons. The number of rotatable bonds is 4. The van der Waals surface area contributed by atoms with Gasteiger partial charge in [-0.25, -0.2) is 5.43 Å². The maximum atomic E-state index is 11.7. The van der Waals surface area contributed by atoms with E-state index in [1.54, 1.807) is 6.21 Å². The van der Waals surface area contributed by atoms with Crippen LogP contribution in [-0.4, -0.2) is 45.0 Å². The van der Waals surface area contributed by atoms with Crippen molar-refractivity contribution in [1.29, 1.82) is 0 Å². The van der Waals surface area contributed by atoms with Crippen LogP contribution in [0.3, 0.4) is 0 Å². The molecule has 0 aliphatic carbocycles. The Morgan fingerprint density at radius 3 is 2.89 bits per heavy atom. The van der Waals surface area contributed by atoms with Crippen molar-refractivity contribution in [2.24, 2.45) is 5.10 Å².